The van der Waals surface area contributed by atoms with Crippen LogP contribution in [0.5, 0.6) is 11.5 Å². The van der Waals surface area contributed by atoms with E-state index in [0.29, 0.717) is 23.3 Å². The Labute approximate surface area is 260 Å². The summed E-state index contributed by atoms with van der Waals surface area (Å²) in [5.41, 5.74) is -2.56. The van der Waals surface area contributed by atoms with Gasteiger partial charge < -0.3 is 10.2 Å². The second kappa shape index (κ2) is 11.7. The third-order valence-electron chi connectivity index (χ3n) is 6.11. The van der Waals surface area contributed by atoms with Crippen LogP contribution in [0.3, 0.4) is 0 Å². The van der Waals surface area contributed by atoms with Gasteiger partial charge in [-0.25, -0.2) is 0 Å². The smallest absolute Gasteiger partial charge is 0.296 e. The Morgan fingerprint density at radius 2 is 0.891 bits per heavy atom. The Hall–Kier alpha value is -4.42. The van der Waals surface area contributed by atoms with Gasteiger partial charge in [-0.15, -0.1) is 20.5 Å². The molecule has 0 amide bonds. The molecule has 0 unspecified atom stereocenters. The fraction of sp³-hybridized carbons (Fsp3) is 0.0833. The molecular formula is C24H20N4O14S4. The molecule has 0 radical (unpaired) electrons. The summed E-state index contributed by atoms with van der Waals surface area (Å²) in [6.45, 7) is 2.97. The summed E-state index contributed by atoms with van der Waals surface area (Å²) < 4.78 is 135. The van der Waals surface area contributed by atoms with Gasteiger partial charge in [0.05, 0.1) is 5.39 Å². The first kappa shape index (κ1) is 34.5. The van der Waals surface area contributed by atoms with Crippen molar-refractivity contribution in [1.82, 2.24) is 0 Å². The lowest BCUT2D eigenvalue weighted by Crippen LogP contribution is -2.02. The zero-order chi connectivity index (χ0) is 34.6. The molecule has 4 aromatic carbocycles. The highest BCUT2D eigenvalue weighted by molar-refractivity contribution is 7.86. The van der Waals surface area contributed by atoms with Gasteiger partial charge in [-0.05, 0) is 66.8 Å². The average Bonchev–Trinajstić information content (AvgIpc) is 2.89. The van der Waals surface area contributed by atoms with E-state index in [-0.39, 0.29) is 0 Å². The summed E-state index contributed by atoms with van der Waals surface area (Å²) in [5.74, 6) is -2.58. The van der Waals surface area contributed by atoms with Gasteiger partial charge in [0.25, 0.3) is 40.5 Å². The second-order valence-electron chi connectivity index (χ2n) is 9.48. The van der Waals surface area contributed by atoms with Gasteiger partial charge >= 0.3 is 0 Å². The van der Waals surface area contributed by atoms with E-state index in [9.17, 15) is 62.1 Å². The first-order valence-electron chi connectivity index (χ1n) is 12.0. The number of aromatic hydroxyl groups is 2. The number of hydrogen-bond donors (Lipinski definition) is 6. The molecule has 0 atom stereocenters. The standard InChI is InChI=1S/C24H20N4O14S4/c1-11-4-6-16(43(31,32)33)15(7-11)26-28-22-19(46(40,41)42)10-13-9-18(45(37,38)39)21(23(29)20(13)24(22)30)27-25-14-5-3-12(2)8-17(14)44(34,35)36/h3-10,29-30H,1-2H3,(H,31,32,33)(H,34,35,36)(H,37,38,39)(H,40,41,42). The minimum absolute atomic E-state index is 0.356. The van der Waals surface area contributed by atoms with E-state index >= 15 is 0 Å². The number of aryl methyl sites for hydroxylation is 2. The molecule has 0 saturated heterocycles. The molecule has 4 rings (SSSR count). The van der Waals surface area contributed by atoms with Crippen molar-refractivity contribution in [3.05, 3.63) is 59.7 Å². The number of rotatable bonds is 8. The van der Waals surface area contributed by atoms with Gasteiger partial charge in [0, 0.05) is 0 Å². The maximum absolute atomic E-state index is 12.2. The van der Waals surface area contributed by atoms with Crippen molar-refractivity contribution in [1.29, 1.82) is 0 Å². The number of hydrogen-bond acceptors (Lipinski definition) is 14. The van der Waals surface area contributed by atoms with Crippen molar-refractivity contribution in [3.63, 3.8) is 0 Å². The lowest BCUT2D eigenvalue weighted by Gasteiger charge is -2.13. The van der Waals surface area contributed by atoms with Crippen LogP contribution in [0, 0.1) is 13.8 Å². The maximum Gasteiger partial charge on any atom is 0.296 e. The van der Waals surface area contributed by atoms with E-state index in [0.717, 1.165) is 24.3 Å². The maximum atomic E-state index is 12.2. The molecule has 0 fully saturated rings. The Morgan fingerprint density at radius 1 is 0.478 bits per heavy atom. The van der Waals surface area contributed by atoms with Crippen LogP contribution < -0.4 is 0 Å². The van der Waals surface area contributed by atoms with Crippen LogP contribution in [0.2, 0.25) is 0 Å². The molecule has 0 spiro atoms. The molecule has 18 nitrogen and oxygen atoms in total. The van der Waals surface area contributed by atoms with Gasteiger partial charge in [-0.3, -0.25) is 18.2 Å². The van der Waals surface area contributed by atoms with E-state index < -0.39 is 105 Å². The second-order valence-corrected chi connectivity index (χ2v) is 15.0. The first-order chi connectivity index (χ1) is 21.0. The SMILES string of the molecule is Cc1ccc(S(=O)(=O)O)c(N=Nc2c(S(=O)(=O)O)cc3cc(S(=O)(=O)O)c(N=Nc4ccc(C)cc4S(=O)(=O)O)c(O)c3c2O)c1. The predicted molar refractivity (Wildman–Crippen MR) is 157 cm³/mol. The lowest BCUT2D eigenvalue weighted by molar-refractivity contribution is 0.458. The fourth-order valence-corrected chi connectivity index (χ4v) is 6.72. The summed E-state index contributed by atoms with van der Waals surface area (Å²) in [6.07, 6.45) is 0. The van der Waals surface area contributed by atoms with Gasteiger partial charge in [0.1, 0.15) is 42.3 Å². The summed E-state index contributed by atoms with van der Waals surface area (Å²) in [4.78, 5) is -4.00. The Kier molecular flexibility index (Phi) is 8.79. The van der Waals surface area contributed by atoms with Crippen LogP contribution in [0.4, 0.5) is 22.7 Å². The summed E-state index contributed by atoms with van der Waals surface area (Å²) in [5, 5.41) is 34.9. The normalized spacial score (nSPS) is 13.3. The molecule has 22 heteroatoms. The third-order valence-corrected chi connectivity index (χ3v) is 9.63. The quantitative estimate of drug-likeness (QED) is 0.106. The molecule has 244 valence electrons. The van der Waals surface area contributed by atoms with Crippen molar-refractivity contribution in [2.75, 3.05) is 0 Å². The number of benzene rings is 4. The molecule has 6 N–H and O–H groups in total. The monoisotopic (exact) mass is 716 g/mol. The van der Waals surface area contributed by atoms with Crippen LogP contribution in [-0.2, 0) is 40.5 Å². The molecule has 0 aliphatic carbocycles. The molecule has 0 aliphatic heterocycles. The number of azo groups is 2. The van der Waals surface area contributed by atoms with Crippen molar-refractivity contribution in [2.45, 2.75) is 33.4 Å². The molecular weight excluding hydrogens is 697 g/mol. The van der Waals surface area contributed by atoms with E-state index in [4.69, 9.17) is 0 Å². The van der Waals surface area contributed by atoms with Crippen LogP contribution in [0.1, 0.15) is 11.1 Å². The molecule has 0 aliphatic rings. The molecule has 0 saturated carbocycles. The van der Waals surface area contributed by atoms with Gasteiger partial charge in [-0.2, -0.15) is 33.7 Å². The van der Waals surface area contributed by atoms with Crippen LogP contribution in [0.25, 0.3) is 10.8 Å². The zero-order valence-corrected chi connectivity index (χ0v) is 26.3. The third kappa shape index (κ3) is 7.02. The van der Waals surface area contributed by atoms with Gasteiger partial charge in [0.15, 0.2) is 11.5 Å². The Bertz CT molecular complexity index is 2460. The summed E-state index contributed by atoms with van der Waals surface area (Å²) in [7, 11) is -20.5. The Balaban J connectivity index is 2.08. The number of phenols is 2. The first-order valence-corrected chi connectivity index (χ1v) is 17.8. The van der Waals surface area contributed by atoms with Crippen molar-refractivity contribution in [3.8, 4) is 11.5 Å². The highest BCUT2D eigenvalue weighted by atomic mass is 32.2. The minimum Gasteiger partial charge on any atom is -0.505 e. The van der Waals surface area contributed by atoms with Crippen LogP contribution in [0.15, 0.2) is 88.6 Å². The van der Waals surface area contributed by atoms with Crippen LogP contribution in [-0.4, -0.2) is 62.1 Å². The van der Waals surface area contributed by atoms with Crippen molar-refractivity contribution >= 4 is 74.0 Å². The number of nitrogens with zero attached hydrogens (tertiary/aromatic N) is 4. The highest BCUT2D eigenvalue weighted by Gasteiger charge is 2.29. The largest absolute Gasteiger partial charge is 0.505 e. The van der Waals surface area contributed by atoms with Gasteiger partial charge in [0.2, 0.25) is 0 Å². The van der Waals surface area contributed by atoms with E-state index in [1.165, 1.54) is 26.0 Å². The number of phenolic OH excluding ortho intramolecular Hbond substituents is 2. The minimum atomic E-state index is -5.34. The summed E-state index contributed by atoms with van der Waals surface area (Å²) >= 11 is 0. The molecule has 46 heavy (non-hydrogen) atoms. The topological polar surface area (TPSA) is 307 Å². The molecule has 0 heterocycles. The molecule has 4 aromatic rings. The fourth-order valence-electron chi connectivity index (χ4n) is 4.09. The predicted octanol–water partition coefficient (Wildman–Crippen LogP) is 4.69. The highest BCUT2D eigenvalue weighted by Crippen LogP contribution is 2.50. The summed E-state index contributed by atoms with van der Waals surface area (Å²) in [6, 6.07) is 7.78. The zero-order valence-electron chi connectivity index (χ0n) is 23.0. The average molecular weight is 717 g/mol. The van der Waals surface area contributed by atoms with E-state index in [2.05, 4.69) is 20.5 Å². The van der Waals surface area contributed by atoms with Crippen LogP contribution >= 0.6 is 0 Å². The Morgan fingerprint density at radius 3 is 1.35 bits per heavy atom. The number of fused-ring (bicyclic) bond motifs is 1. The van der Waals surface area contributed by atoms with Crippen molar-refractivity contribution in [2.24, 2.45) is 20.5 Å². The molecule has 0 bridgehead atoms. The van der Waals surface area contributed by atoms with Crippen molar-refractivity contribution < 1.29 is 62.1 Å². The van der Waals surface area contributed by atoms with E-state index in [1.54, 1.807) is 0 Å². The lowest BCUT2D eigenvalue weighted by atomic mass is 10.1. The van der Waals surface area contributed by atoms with E-state index in [1.807, 2.05) is 0 Å². The molecule has 0 aromatic heterocycles. The van der Waals surface area contributed by atoms with Gasteiger partial charge in [-0.1, -0.05) is 12.1 Å².